The minimum Gasteiger partial charge on any atom is -0.340 e. The van der Waals surface area contributed by atoms with Crippen molar-refractivity contribution in [2.45, 2.75) is 45.6 Å². The molecular weight excluding hydrogens is 342 g/mol. The number of carbonyl (C=O) groups excluding carboxylic acids is 1. The number of nitrogens with one attached hydrogen (secondary N) is 1. The Hall–Kier alpha value is -1.73. The minimum absolute atomic E-state index is 0.216. The number of aromatic nitrogens is 2. The van der Waals surface area contributed by atoms with Crippen LogP contribution in [0.5, 0.6) is 0 Å². The van der Waals surface area contributed by atoms with Crippen LogP contribution in [0.2, 0.25) is 0 Å². The number of hydrogen-bond acceptors (Lipinski definition) is 5. The van der Waals surface area contributed by atoms with Crippen LogP contribution in [0, 0.1) is 19.8 Å². The van der Waals surface area contributed by atoms with Gasteiger partial charge in [0.15, 0.2) is 0 Å². The number of piperidine rings is 3. The van der Waals surface area contributed by atoms with Crippen molar-refractivity contribution in [2.75, 3.05) is 45.8 Å². The van der Waals surface area contributed by atoms with Crippen molar-refractivity contribution in [1.82, 2.24) is 24.7 Å². The average molecular weight is 374 g/mol. The molecule has 0 aromatic carbocycles. The van der Waals surface area contributed by atoms with Gasteiger partial charge in [-0.25, -0.2) is 4.79 Å². The van der Waals surface area contributed by atoms with Crippen LogP contribution in [-0.2, 0) is 11.2 Å². The predicted molar refractivity (Wildman–Crippen MR) is 104 cm³/mol. The van der Waals surface area contributed by atoms with E-state index in [1.165, 1.54) is 32.5 Å². The Morgan fingerprint density at radius 1 is 1.11 bits per heavy atom. The molecule has 0 aliphatic carbocycles. The Balaban J connectivity index is 1.28. The number of nitrogens with zero attached hydrogens (tertiary/aromatic N) is 4. The number of fused-ring (bicyclic) bond motifs is 3. The van der Waals surface area contributed by atoms with E-state index in [0.29, 0.717) is 18.9 Å². The lowest BCUT2D eigenvalue weighted by molar-refractivity contribution is -0.134. The van der Waals surface area contributed by atoms with E-state index >= 15 is 0 Å². The van der Waals surface area contributed by atoms with Crippen molar-refractivity contribution < 1.29 is 4.79 Å². The minimum atomic E-state index is -0.316. The lowest BCUT2D eigenvalue weighted by Gasteiger charge is -2.51. The fourth-order valence-electron chi connectivity index (χ4n) is 5.16. The van der Waals surface area contributed by atoms with Crippen LogP contribution < -0.4 is 5.69 Å². The van der Waals surface area contributed by atoms with Crippen LogP contribution in [0.1, 0.15) is 36.2 Å². The van der Waals surface area contributed by atoms with Gasteiger partial charge >= 0.3 is 5.69 Å². The molecular formula is C20H31N5O2. The summed E-state index contributed by atoms with van der Waals surface area (Å²) in [6.07, 6.45) is 3.81. The summed E-state index contributed by atoms with van der Waals surface area (Å²) in [6, 6.07) is 0.697. The molecule has 5 rings (SSSR count). The SMILES string of the molecule is Cc1nc(=O)[nH]c(C)c1CCC(=O)N1CCN(C2CN3CCC2CC3)CC1. The maximum Gasteiger partial charge on any atom is 0.345 e. The molecule has 1 N–H and O–H groups in total. The first-order valence-electron chi connectivity index (χ1n) is 10.3. The van der Waals surface area contributed by atoms with Gasteiger partial charge in [-0.05, 0) is 57.7 Å². The van der Waals surface area contributed by atoms with E-state index in [4.69, 9.17) is 0 Å². The van der Waals surface area contributed by atoms with Gasteiger partial charge in [-0.2, -0.15) is 4.98 Å². The fourth-order valence-corrected chi connectivity index (χ4v) is 5.16. The molecule has 1 atom stereocenters. The molecule has 0 radical (unpaired) electrons. The molecule has 1 aromatic heterocycles. The Bertz CT molecular complexity index is 719. The Morgan fingerprint density at radius 3 is 2.41 bits per heavy atom. The second-order valence-corrected chi connectivity index (χ2v) is 8.35. The molecule has 0 spiro atoms. The summed E-state index contributed by atoms with van der Waals surface area (Å²) in [4.78, 5) is 38.0. The monoisotopic (exact) mass is 373 g/mol. The van der Waals surface area contributed by atoms with E-state index < -0.39 is 0 Å². The highest BCUT2D eigenvalue weighted by atomic mass is 16.2. The maximum atomic E-state index is 12.7. The van der Waals surface area contributed by atoms with Crippen molar-refractivity contribution in [1.29, 1.82) is 0 Å². The average Bonchev–Trinajstić information content (AvgIpc) is 2.68. The van der Waals surface area contributed by atoms with Crippen LogP contribution in [0.25, 0.3) is 0 Å². The molecule has 4 aliphatic heterocycles. The van der Waals surface area contributed by atoms with E-state index in [9.17, 15) is 9.59 Å². The van der Waals surface area contributed by atoms with Gasteiger partial charge in [-0.15, -0.1) is 0 Å². The van der Waals surface area contributed by atoms with E-state index in [0.717, 1.165) is 49.0 Å². The van der Waals surface area contributed by atoms with E-state index in [-0.39, 0.29) is 11.6 Å². The van der Waals surface area contributed by atoms with E-state index in [1.54, 1.807) is 0 Å². The highest BCUT2D eigenvalue weighted by Gasteiger charge is 2.38. The molecule has 4 saturated heterocycles. The third-order valence-corrected chi connectivity index (χ3v) is 6.80. The summed E-state index contributed by atoms with van der Waals surface area (Å²) in [5.41, 5.74) is 2.24. The van der Waals surface area contributed by atoms with Gasteiger partial charge in [0, 0.05) is 56.6 Å². The molecule has 4 fully saturated rings. The van der Waals surface area contributed by atoms with E-state index in [2.05, 4.69) is 19.8 Å². The highest BCUT2D eigenvalue weighted by molar-refractivity contribution is 5.76. The van der Waals surface area contributed by atoms with Crippen LogP contribution in [0.4, 0.5) is 0 Å². The van der Waals surface area contributed by atoms with Crippen LogP contribution in [0.3, 0.4) is 0 Å². The molecule has 0 saturated carbocycles. The molecule has 1 amide bonds. The molecule has 1 aromatic rings. The third kappa shape index (κ3) is 3.94. The molecule has 5 heterocycles. The zero-order valence-electron chi connectivity index (χ0n) is 16.5. The second kappa shape index (κ2) is 7.72. The molecule has 1 unspecified atom stereocenters. The molecule has 4 aliphatic rings. The first kappa shape index (κ1) is 18.6. The number of amides is 1. The van der Waals surface area contributed by atoms with Crippen molar-refractivity contribution in [3.05, 3.63) is 27.4 Å². The normalized spacial score (nSPS) is 28.5. The van der Waals surface area contributed by atoms with Crippen LogP contribution in [-0.4, -0.2) is 82.4 Å². The van der Waals surface area contributed by atoms with Gasteiger partial charge in [0.05, 0.1) is 0 Å². The number of aromatic amines is 1. The van der Waals surface area contributed by atoms with Gasteiger partial charge in [0.2, 0.25) is 5.91 Å². The number of H-pyrrole nitrogens is 1. The molecule has 7 nitrogen and oxygen atoms in total. The largest absolute Gasteiger partial charge is 0.345 e. The molecule has 148 valence electrons. The summed E-state index contributed by atoms with van der Waals surface area (Å²) in [5.74, 6) is 1.07. The second-order valence-electron chi connectivity index (χ2n) is 8.35. The number of rotatable bonds is 4. The first-order valence-corrected chi connectivity index (χ1v) is 10.3. The van der Waals surface area contributed by atoms with Gasteiger partial charge in [0.1, 0.15) is 0 Å². The zero-order chi connectivity index (χ0) is 19.0. The smallest absolute Gasteiger partial charge is 0.340 e. The molecule has 7 heteroatoms. The highest BCUT2D eigenvalue weighted by Crippen LogP contribution is 2.31. The van der Waals surface area contributed by atoms with Crippen molar-refractivity contribution in [3.63, 3.8) is 0 Å². The fraction of sp³-hybridized carbons (Fsp3) is 0.750. The van der Waals surface area contributed by atoms with Crippen molar-refractivity contribution >= 4 is 5.91 Å². The van der Waals surface area contributed by atoms with Gasteiger partial charge in [-0.1, -0.05) is 0 Å². The van der Waals surface area contributed by atoms with Crippen molar-refractivity contribution in [2.24, 2.45) is 5.92 Å². The summed E-state index contributed by atoms with van der Waals surface area (Å²) >= 11 is 0. The van der Waals surface area contributed by atoms with Gasteiger partial charge in [-0.3, -0.25) is 9.69 Å². The zero-order valence-corrected chi connectivity index (χ0v) is 16.5. The lowest BCUT2D eigenvalue weighted by Crippen LogP contribution is -2.61. The quantitative estimate of drug-likeness (QED) is 0.835. The summed E-state index contributed by atoms with van der Waals surface area (Å²) in [7, 11) is 0. The first-order chi connectivity index (χ1) is 13.0. The predicted octanol–water partition coefficient (Wildman–Crippen LogP) is 0.558. The summed E-state index contributed by atoms with van der Waals surface area (Å²) in [6.45, 7) is 11.2. The lowest BCUT2D eigenvalue weighted by atomic mass is 9.83. The standard InChI is InChI=1S/C20H31N5O2/c1-14-17(15(2)22-20(27)21-14)3-4-19(26)25-11-9-24(10-12-25)18-13-23-7-5-16(18)6-8-23/h16,18H,3-13H2,1-2H3,(H,21,22,27). The maximum absolute atomic E-state index is 12.7. The third-order valence-electron chi connectivity index (χ3n) is 6.80. The van der Waals surface area contributed by atoms with Crippen molar-refractivity contribution in [3.8, 4) is 0 Å². The summed E-state index contributed by atoms with van der Waals surface area (Å²) < 4.78 is 0. The Morgan fingerprint density at radius 2 is 1.81 bits per heavy atom. The Labute approximate surface area is 160 Å². The number of carbonyl (C=O) groups is 1. The van der Waals surface area contributed by atoms with Gasteiger partial charge in [0.25, 0.3) is 0 Å². The molecule has 27 heavy (non-hydrogen) atoms. The Kier molecular flexibility index (Phi) is 5.32. The van der Waals surface area contributed by atoms with Gasteiger partial charge < -0.3 is 14.8 Å². The number of aryl methyl sites for hydroxylation is 2. The topological polar surface area (TPSA) is 72.5 Å². The number of piperazine rings is 1. The van der Waals surface area contributed by atoms with Crippen LogP contribution in [0.15, 0.2) is 4.79 Å². The van der Waals surface area contributed by atoms with Crippen LogP contribution >= 0.6 is 0 Å². The number of hydrogen-bond donors (Lipinski definition) is 1. The molecule has 2 bridgehead atoms. The summed E-state index contributed by atoms with van der Waals surface area (Å²) in [5, 5.41) is 0. The van der Waals surface area contributed by atoms with E-state index in [1.807, 2.05) is 18.7 Å².